The number of fused-ring (bicyclic) bond motifs is 5. The van der Waals surface area contributed by atoms with E-state index < -0.39 is 5.60 Å². The zero-order chi connectivity index (χ0) is 20.2. The van der Waals surface area contributed by atoms with Crippen LogP contribution in [0, 0.1) is 46.3 Å². The van der Waals surface area contributed by atoms with Crippen molar-refractivity contribution in [3.8, 4) is 0 Å². The van der Waals surface area contributed by atoms with Gasteiger partial charge in [-0.2, -0.15) is 0 Å². The number of hydrogen-bond acceptors (Lipinski definition) is 1. The zero-order valence-electron chi connectivity index (χ0n) is 19.3. The van der Waals surface area contributed by atoms with Gasteiger partial charge in [0.25, 0.3) is 0 Å². The number of aliphatic hydroxyl groups is 1. The molecule has 4 aliphatic carbocycles. The summed E-state index contributed by atoms with van der Waals surface area (Å²) in [5.74, 6) is 5.19. The lowest BCUT2D eigenvalue weighted by Gasteiger charge is -2.63. The van der Waals surface area contributed by atoms with E-state index in [0.29, 0.717) is 5.41 Å². The van der Waals surface area contributed by atoms with Crippen LogP contribution in [0.5, 0.6) is 0 Å². The van der Waals surface area contributed by atoms with E-state index in [0.717, 1.165) is 54.8 Å². The molecular weight excluding hydrogens is 340 g/mol. The SMILES string of the molecule is CC(C)CCC[C@@H](C)[C@@H]1CC[C@@H]2[C@@H]3CC[C@@]4(O)CC=CC[C@]4(C)[C@@H]3CC[C@@]21C. The van der Waals surface area contributed by atoms with Gasteiger partial charge >= 0.3 is 0 Å². The molecule has 0 heterocycles. The van der Waals surface area contributed by atoms with Gasteiger partial charge in [0, 0.05) is 5.41 Å². The highest BCUT2D eigenvalue weighted by Crippen LogP contribution is 2.68. The molecule has 0 spiro atoms. The van der Waals surface area contributed by atoms with Crippen LogP contribution in [0.3, 0.4) is 0 Å². The van der Waals surface area contributed by atoms with Crippen molar-refractivity contribution in [2.45, 2.75) is 111 Å². The van der Waals surface area contributed by atoms with Crippen molar-refractivity contribution in [1.82, 2.24) is 0 Å². The Labute approximate surface area is 174 Å². The number of allylic oxidation sites excluding steroid dienone is 1. The average Bonchev–Trinajstić information content (AvgIpc) is 2.99. The van der Waals surface area contributed by atoms with Crippen molar-refractivity contribution in [1.29, 1.82) is 0 Å². The van der Waals surface area contributed by atoms with Crippen LogP contribution in [0.2, 0.25) is 0 Å². The predicted molar refractivity (Wildman–Crippen MR) is 119 cm³/mol. The molecule has 0 aromatic carbocycles. The molecule has 4 rings (SSSR count). The third-order valence-corrected chi connectivity index (χ3v) is 10.6. The average molecular weight is 387 g/mol. The third-order valence-electron chi connectivity index (χ3n) is 10.6. The van der Waals surface area contributed by atoms with Gasteiger partial charge in [-0.25, -0.2) is 0 Å². The van der Waals surface area contributed by atoms with Gasteiger partial charge < -0.3 is 5.11 Å². The van der Waals surface area contributed by atoms with Crippen LogP contribution in [-0.4, -0.2) is 10.7 Å². The molecule has 0 saturated heterocycles. The lowest BCUT2D eigenvalue weighted by Crippen LogP contribution is -2.60. The molecule has 0 unspecified atom stereocenters. The second kappa shape index (κ2) is 7.44. The summed E-state index contributed by atoms with van der Waals surface area (Å²) in [6.45, 7) is 12.4. The Bertz CT molecular complexity index is 593. The maximum absolute atomic E-state index is 11.5. The highest BCUT2D eigenvalue weighted by molar-refractivity contribution is 5.17. The van der Waals surface area contributed by atoms with Crippen LogP contribution in [0.1, 0.15) is 105 Å². The second-order valence-electron chi connectivity index (χ2n) is 12.3. The molecule has 4 aliphatic rings. The summed E-state index contributed by atoms with van der Waals surface area (Å²) in [6, 6.07) is 0. The lowest BCUT2D eigenvalue weighted by molar-refractivity contribution is -0.188. The first kappa shape index (κ1) is 21.0. The molecular formula is C27H46O. The van der Waals surface area contributed by atoms with E-state index in [2.05, 4.69) is 46.8 Å². The van der Waals surface area contributed by atoms with E-state index in [1.54, 1.807) is 0 Å². The minimum Gasteiger partial charge on any atom is -0.389 e. The normalized spacial score (nSPS) is 48.8. The monoisotopic (exact) mass is 386 g/mol. The van der Waals surface area contributed by atoms with Crippen LogP contribution < -0.4 is 0 Å². The van der Waals surface area contributed by atoms with Gasteiger partial charge in [0.05, 0.1) is 5.60 Å². The fourth-order valence-electron chi connectivity index (χ4n) is 8.82. The first-order valence-electron chi connectivity index (χ1n) is 12.6. The Morgan fingerprint density at radius 3 is 2.39 bits per heavy atom. The molecule has 0 amide bonds. The molecule has 1 nitrogen and oxygen atoms in total. The van der Waals surface area contributed by atoms with Crippen molar-refractivity contribution in [2.24, 2.45) is 46.3 Å². The summed E-state index contributed by atoms with van der Waals surface area (Å²) in [6.07, 6.45) is 18.9. The first-order chi connectivity index (χ1) is 13.2. The van der Waals surface area contributed by atoms with Gasteiger partial charge in [0.15, 0.2) is 0 Å². The number of rotatable bonds is 5. The molecule has 28 heavy (non-hydrogen) atoms. The van der Waals surface area contributed by atoms with E-state index in [1.807, 2.05) is 0 Å². The van der Waals surface area contributed by atoms with E-state index in [4.69, 9.17) is 0 Å². The van der Waals surface area contributed by atoms with Gasteiger partial charge in [-0.3, -0.25) is 0 Å². The fraction of sp³-hybridized carbons (Fsp3) is 0.926. The molecule has 0 bridgehead atoms. The maximum atomic E-state index is 11.5. The highest BCUT2D eigenvalue weighted by atomic mass is 16.3. The van der Waals surface area contributed by atoms with Crippen LogP contribution in [0.25, 0.3) is 0 Å². The van der Waals surface area contributed by atoms with Gasteiger partial charge in [-0.1, -0.05) is 66.0 Å². The Morgan fingerprint density at radius 2 is 1.64 bits per heavy atom. The summed E-state index contributed by atoms with van der Waals surface area (Å²) in [7, 11) is 0. The first-order valence-corrected chi connectivity index (χ1v) is 12.6. The Balaban J connectivity index is 1.50. The Morgan fingerprint density at radius 1 is 0.893 bits per heavy atom. The summed E-state index contributed by atoms with van der Waals surface area (Å²) < 4.78 is 0. The van der Waals surface area contributed by atoms with Crippen LogP contribution in [0.15, 0.2) is 12.2 Å². The van der Waals surface area contributed by atoms with Gasteiger partial charge in [0.2, 0.25) is 0 Å². The standard InChI is InChI=1S/C27H46O/c1-19(2)9-8-10-20(3)22-11-12-23-21-13-18-27(28)16-7-6-15-26(27,5)24(21)14-17-25(22,23)4/h6-7,19-24,28H,8-18H2,1-5H3/t20-,21+,22+,23-,24-,25-,26-,27+/m1/s1. The van der Waals surface area contributed by atoms with Crippen LogP contribution in [0.4, 0.5) is 0 Å². The molecule has 0 aromatic rings. The molecule has 8 atom stereocenters. The molecule has 1 N–H and O–H groups in total. The van der Waals surface area contributed by atoms with E-state index >= 15 is 0 Å². The lowest BCUT2D eigenvalue weighted by atomic mass is 9.44. The van der Waals surface area contributed by atoms with Crippen LogP contribution >= 0.6 is 0 Å². The van der Waals surface area contributed by atoms with Crippen LogP contribution in [-0.2, 0) is 0 Å². The molecule has 0 radical (unpaired) electrons. The molecule has 3 saturated carbocycles. The predicted octanol–water partition coefficient (Wildman–Crippen LogP) is 7.39. The summed E-state index contributed by atoms with van der Waals surface area (Å²) in [4.78, 5) is 0. The van der Waals surface area contributed by atoms with Crippen molar-refractivity contribution in [2.75, 3.05) is 0 Å². The van der Waals surface area contributed by atoms with E-state index in [1.165, 1.54) is 51.4 Å². The van der Waals surface area contributed by atoms with Crippen molar-refractivity contribution in [3.63, 3.8) is 0 Å². The van der Waals surface area contributed by atoms with Crippen molar-refractivity contribution in [3.05, 3.63) is 12.2 Å². The molecule has 1 heteroatoms. The molecule has 0 aliphatic heterocycles. The van der Waals surface area contributed by atoms with Gasteiger partial charge in [-0.15, -0.1) is 0 Å². The summed E-state index contributed by atoms with van der Waals surface area (Å²) in [5.41, 5.74) is 0.250. The van der Waals surface area contributed by atoms with Gasteiger partial charge in [0.1, 0.15) is 0 Å². The fourth-order valence-corrected chi connectivity index (χ4v) is 8.82. The summed E-state index contributed by atoms with van der Waals surface area (Å²) >= 11 is 0. The minimum absolute atomic E-state index is 0.118. The smallest absolute Gasteiger partial charge is 0.0741 e. The molecule has 160 valence electrons. The molecule has 3 fully saturated rings. The Hall–Kier alpha value is -0.300. The Kier molecular flexibility index (Phi) is 5.56. The largest absolute Gasteiger partial charge is 0.389 e. The molecule has 0 aromatic heterocycles. The van der Waals surface area contributed by atoms with Gasteiger partial charge in [-0.05, 0) is 92.3 Å². The second-order valence-corrected chi connectivity index (χ2v) is 12.3. The zero-order valence-corrected chi connectivity index (χ0v) is 19.3. The van der Waals surface area contributed by atoms with Crippen molar-refractivity contribution < 1.29 is 5.11 Å². The highest BCUT2D eigenvalue weighted by Gasteiger charge is 2.63. The van der Waals surface area contributed by atoms with Crippen molar-refractivity contribution >= 4 is 0 Å². The minimum atomic E-state index is -0.432. The van der Waals surface area contributed by atoms with E-state index in [-0.39, 0.29) is 5.41 Å². The summed E-state index contributed by atoms with van der Waals surface area (Å²) in [5, 5.41) is 11.5. The third kappa shape index (κ3) is 3.14. The maximum Gasteiger partial charge on any atom is 0.0741 e. The quantitative estimate of drug-likeness (QED) is 0.488. The number of hydrogen-bond donors (Lipinski definition) is 1. The topological polar surface area (TPSA) is 20.2 Å². The van der Waals surface area contributed by atoms with E-state index in [9.17, 15) is 5.11 Å².